The average molecular weight is 272 g/mol. The van der Waals surface area contributed by atoms with Gasteiger partial charge in [0, 0.05) is 19.1 Å². The molecule has 0 bridgehead atoms. The zero-order chi connectivity index (χ0) is 14.5. The molecule has 0 unspecified atom stereocenters. The highest BCUT2D eigenvalue weighted by molar-refractivity contribution is 5.71. The Morgan fingerprint density at radius 2 is 1.84 bits per heavy atom. The monoisotopic (exact) mass is 272 g/mol. The third kappa shape index (κ3) is 5.92. The Morgan fingerprint density at radius 1 is 1.26 bits per heavy atom. The number of nitrogens with one attached hydrogen (secondary N) is 1. The number of amides is 1. The first kappa shape index (κ1) is 15.8. The van der Waals surface area contributed by atoms with Crippen molar-refractivity contribution in [3.63, 3.8) is 0 Å². The smallest absolute Gasteiger partial charge is 0.410 e. The molecule has 0 atom stereocenters. The zero-order valence-electron chi connectivity index (χ0n) is 12.2. The van der Waals surface area contributed by atoms with Crippen molar-refractivity contribution in [2.75, 3.05) is 26.7 Å². The van der Waals surface area contributed by atoms with E-state index in [4.69, 9.17) is 4.74 Å². The van der Waals surface area contributed by atoms with Crippen LogP contribution in [0.25, 0.3) is 0 Å². The molecule has 0 spiro atoms. The summed E-state index contributed by atoms with van der Waals surface area (Å²) in [6.07, 6.45) is 1.37. The van der Waals surface area contributed by atoms with Crippen LogP contribution in [-0.2, 0) is 14.3 Å². The van der Waals surface area contributed by atoms with E-state index in [2.05, 4.69) is 10.1 Å². The first-order valence-corrected chi connectivity index (χ1v) is 6.60. The Morgan fingerprint density at radius 3 is 2.32 bits per heavy atom. The first-order chi connectivity index (χ1) is 8.81. The third-order valence-corrected chi connectivity index (χ3v) is 2.91. The van der Waals surface area contributed by atoms with Gasteiger partial charge in [-0.05, 0) is 33.6 Å². The Balaban J connectivity index is 2.29. The van der Waals surface area contributed by atoms with Crippen molar-refractivity contribution in [3.05, 3.63) is 0 Å². The van der Waals surface area contributed by atoms with Crippen LogP contribution in [0.2, 0.25) is 0 Å². The highest BCUT2D eigenvalue weighted by Crippen LogP contribution is 2.15. The van der Waals surface area contributed by atoms with Crippen molar-refractivity contribution in [3.8, 4) is 0 Å². The van der Waals surface area contributed by atoms with E-state index < -0.39 is 5.60 Å². The fourth-order valence-corrected chi connectivity index (χ4v) is 1.89. The summed E-state index contributed by atoms with van der Waals surface area (Å²) in [5.41, 5.74) is -0.461. The zero-order valence-corrected chi connectivity index (χ0v) is 12.2. The van der Waals surface area contributed by atoms with Crippen LogP contribution in [0.15, 0.2) is 0 Å². The number of ether oxygens (including phenoxy) is 2. The number of esters is 1. The van der Waals surface area contributed by atoms with E-state index in [1.165, 1.54) is 7.11 Å². The molecule has 6 heteroatoms. The van der Waals surface area contributed by atoms with Crippen LogP contribution >= 0.6 is 0 Å². The number of hydrogen-bond donors (Lipinski definition) is 1. The van der Waals surface area contributed by atoms with Crippen molar-refractivity contribution < 1.29 is 19.1 Å². The predicted molar refractivity (Wildman–Crippen MR) is 70.8 cm³/mol. The fourth-order valence-electron chi connectivity index (χ4n) is 1.89. The molecule has 0 aromatic rings. The van der Waals surface area contributed by atoms with Crippen molar-refractivity contribution in [2.24, 2.45) is 0 Å². The van der Waals surface area contributed by atoms with Crippen LogP contribution < -0.4 is 5.32 Å². The van der Waals surface area contributed by atoms with Crippen molar-refractivity contribution >= 4 is 12.1 Å². The maximum Gasteiger partial charge on any atom is 0.410 e. The van der Waals surface area contributed by atoms with Crippen LogP contribution in [0.4, 0.5) is 4.79 Å². The molecule has 1 N–H and O–H groups in total. The second-order valence-electron chi connectivity index (χ2n) is 5.70. The molecule has 1 fully saturated rings. The highest BCUT2D eigenvalue weighted by Gasteiger charge is 2.26. The molecule has 0 aromatic carbocycles. The lowest BCUT2D eigenvalue weighted by Crippen LogP contribution is -2.47. The van der Waals surface area contributed by atoms with Gasteiger partial charge in [-0.2, -0.15) is 0 Å². The molecule has 0 saturated carbocycles. The number of carbonyl (C=O) groups excluding carboxylic acids is 2. The molecule has 0 aromatic heterocycles. The number of rotatable bonds is 3. The summed E-state index contributed by atoms with van der Waals surface area (Å²) in [6, 6.07) is 0.248. The summed E-state index contributed by atoms with van der Waals surface area (Å²) in [5, 5.41) is 3.13. The molecule has 110 valence electrons. The second-order valence-corrected chi connectivity index (χ2v) is 5.70. The van der Waals surface area contributed by atoms with Crippen molar-refractivity contribution in [1.82, 2.24) is 10.2 Å². The van der Waals surface area contributed by atoms with Gasteiger partial charge in [0.25, 0.3) is 0 Å². The minimum atomic E-state index is -0.461. The molecule has 1 amide bonds. The molecular weight excluding hydrogens is 248 g/mol. The van der Waals surface area contributed by atoms with Gasteiger partial charge in [0.05, 0.1) is 13.7 Å². The summed E-state index contributed by atoms with van der Waals surface area (Å²) < 4.78 is 9.89. The van der Waals surface area contributed by atoms with Gasteiger partial charge < -0.3 is 19.7 Å². The largest absolute Gasteiger partial charge is 0.468 e. The Bertz CT molecular complexity index is 317. The lowest BCUT2D eigenvalue weighted by molar-refractivity contribution is -0.139. The molecule has 6 nitrogen and oxygen atoms in total. The van der Waals surface area contributed by atoms with Gasteiger partial charge in [0.15, 0.2) is 0 Å². The van der Waals surface area contributed by atoms with Crippen molar-refractivity contribution in [1.29, 1.82) is 0 Å². The van der Waals surface area contributed by atoms with E-state index in [1.807, 2.05) is 20.8 Å². The number of piperidine rings is 1. The van der Waals surface area contributed by atoms with Gasteiger partial charge in [-0.25, -0.2) is 4.79 Å². The molecule has 1 rings (SSSR count). The van der Waals surface area contributed by atoms with Crippen molar-refractivity contribution in [2.45, 2.75) is 45.3 Å². The molecule has 1 aliphatic heterocycles. The summed E-state index contributed by atoms with van der Waals surface area (Å²) in [6.45, 7) is 7.08. The average Bonchev–Trinajstić information content (AvgIpc) is 2.34. The van der Waals surface area contributed by atoms with E-state index in [9.17, 15) is 9.59 Å². The molecule has 0 aliphatic carbocycles. The first-order valence-electron chi connectivity index (χ1n) is 6.60. The fraction of sp³-hybridized carbons (Fsp3) is 0.846. The molecule has 0 radical (unpaired) electrons. The lowest BCUT2D eigenvalue weighted by Gasteiger charge is -2.33. The Kier molecular flexibility index (Phi) is 5.60. The molecule has 1 aliphatic rings. The number of likely N-dealkylation sites (tertiary alicyclic amines) is 1. The van der Waals surface area contributed by atoms with E-state index >= 15 is 0 Å². The van der Waals surface area contributed by atoms with E-state index in [1.54, 1.807) is 4.90 Å². The Hall–Kier alpha value is -1.30. The van der Waals surface area contributed by atoms with Gasteiger partial charge in [-0.3, -0.25) is 4.79 Å². The summed E-state index contributed by atoms with van der Waals surface area (Å²) >= 11 is 0. The lowest BCUT2D eigenvalue weighted by atomic mass is 10.1. The van der Waals surface area contributed by atoms with Crippen LogP contribution in [0.5, 0.6) is 0 Å². The van der Waals surface area contributed by atoms with Crippen LogP contribution in [-0.4, -0.2) is 55.3 Å². The topological polar surface area (TPSA) is 67.9 Å². The van der Waals surface area contributed by atoms with E-state index in [-0.39, 0.29) is 24.6 Å². The molecule has 1 saturated heterocycles. The quantitative estimate of drug-likeness (QED) is 0.781. The van der Waals surface area contributed by atoms with Crippen LogP contribution in [0.3, 0.4) is 0 Å². The highest BCUT2D eigenvalue weighted by atomic mass is 16.6. The molecular formula is C13H24N2O4. The van der Waals surface area contributed by atoms with Crippen LogP contribution in [0.1, 0.15) is 33.6 Å². The Labute approximate surface area is 114 Å². The maximum absolute atomic E-state index is 11.8. The standard InChI is InChI=1S/C13H24N2O4/c1-13(2,3)19-12(17)15-7-5-10(6-8-15)14-9-11(16)18-4/h10,14H,5-9H2,1-4H3. The van der Waals surface area contributed by atoms with Gasteiger partial charge in [0.1, 0.15) is 5.60 Å². The number of methoxy groups -OCH3 is 1. The normalized spacial score (nSPS) is 17.2. The maximum atomic E-state index is 11.8. The number of hydrogen-bond acceptors (Lipinski definition) is 5. The summed E-state index contributed by atoms with van der Waals surface area (Å²) in [4.78, 5) is 24.6. The molecule has 19 heavy (non-hydrogen) atoms. The minimum absolute atomic E-state index is 0.216. The third-order valence-electron chi connectivity index (χ3n) is 2.91. The van der Waals surface area contributed by atoms with Gasteiger partial charge in [-0.1, -0.05) is 0 Å². The van der Waals surface area contributed by atoms with Gasteiger partial charge in [0.2, 0.25) is 0 Å². The van der Waals surface area contributed by atoms with E-state index in [0.29, 0.717) is 13.1 Å². The van der Waals surface area contributed by atoms with Gasteiger partial charge >= 0.3 is 12.1 Å². The molecule has 1 heterocycles. The van der Waals surface area contributed by atoms with E-state index in [0.717, 1.165) is 12.8 Å². The summed E-state index contributed by atoms with van der Waals surface area (Å²) in [5.74, 6) is -0.269. The van der Waals surface area contributed by atoms with Gasteiger partial charge in [-0.15, -0.1) is 0 Å². The number of carbonyl (C=O) groups is 2. The SMILES string of the molecule is COC(=O)CNC1CCN(C(=O)OC(C)(C)C)CC1. The van der Waals surface area contributed by atoms with Crippen LogP contribution in [0, 0.1) is 0 Å². The number of nitrogens with zero attached hydrogens (tertiary/aromatic N) is 1. The predicted octanol–water partition coefficient (Wildman–Crippen LogP) is 1.15. The minimum Gasteiger partial charge on any atom is -0.468 e. The second kappa shape index (κ2) is 6.75. The summed E-state index contributed by atoms with van der Waals surface area (Å²) in [7, 11) is 1.37.